The quantitative estimate of drug-likeness (QED) is 0.696. The molecule has 1 aliphatic heterocycles. The Morgan fingerprint density at radius 1 is 1.13 bits per heavy atom. The molecule has 0 radical (unpaired) electrons. The molecule has 2 aromatic heterocycles. The molecular formula is C23H27N5O3. The topological polar surface area (TPSA) is 91.6 Å². The number of piperazine rings is 1. The van der Waals surface area contributed by atoms with Crippen LogP contribution in [-0.4, -0.2) is 55.8 Å². The Hall–Kier alpha value is -3.42. The van der Waals surface area contributed by atoms with Crippen LogP contribution >= 0.6 is 0 Å². The fourth-order valence-electron chi connectivity index (χ4n) is 4.38. The van der Waals surface area contributed by atoms with E-state index in [0.717, 1.165) is 16.6 Å². The maximum atomic E-state index is 13.3. The predicted octanol–water partition coefficient (Wildman–Crippen LogP) is 3.48. The molecule has 0 bridgehead atoms. The van der Waals surface area contributed by atoms with E-state index in [4.69, 9.17) is 0 Å². The molecule has 1 fully saturated rings. The minimum Gasteiger partial charge on any atom is -0.465 e. The number of hydrogen-bond donors (Lipinski definition) is 1. The zero-order valence-corrected chi connectivity index (χ0v) is 18.2. The number of rotatable bonds is 3. The molecule has 8 heteroatoms. The molecule has 0 aliphatic carbocycles. The van der Waals surface area contributed by atoms with Gasteiger partial charge in [-0.05, 0) is 37.5 Å². The highest BCUT2D eigenvalue weighted by atomic mass is 16.4. The van der Waals surface area contributed by atoms with Crippen molar-refractivity contribution in [3.8, 4) is 5.69 Å². The largest absolute Gasteiger partial charge is 0.465 e. The summed E-state index contributed by atoms with van der Waals surface area (Å²) in [7, 11) is 0. The molecule has 0 spiro atoms. The second-order valence-corrected chi connectivity index (χ2v) is 8.45. The number of anilines is 1. The smallest absolute Gasteiger partial charge is 0.407 e. The third-order valence-electron chi connectivity index (χ3n) is 5.98. The zero-order chi connectivity index (χ0) is 22.3. The van der Waals surface area contributed by atoms with Crippen LogP contribution in [-0.2, 0) is 0 Å². The number of amides is 1. The minimum atomic E-state index is -0.929. The third-order valence-corrected chi connectivity index (χ3v) is 5.98. The summed E-state index contributed by atoms with van der Waals surface area (Å²) >= 11 is 0. The standard InChI is InChI=1S/C23H27N5O3/c1-14(2)17-7-5-6-8-19(17)28-20-11-24-10-9-18(20)21(25-22(28)29)26-12-16(4)27(23(30)31)13-15(26)3/h5-11,14-16H,12-13H2,1-4H3,(H,30,31)/t15-,16+/m0/s1. The van der Waals surface area contributed by atoms with E-state index < -0.39 is 6.09 Å². The van der Waals surface area contributed by atoms with Gasteiger partial charge in [-0.15, -0.1) is 0 Å². The van der Waals surface area contributed by atoms with E-state index in [1.807, 2.05) is 49.1 Å². The van der Waals surface area contributed by atoms with Gasteiger partial charge in [-0.25, -0.2) is 9.59 Å². The Bertz CT molecular complexity index is 1190. The molecule has 1 aliphatic rings. The van der Waals surface area contributed by atoms with Crippen molar-refractivity contribution in [1.82, 2.24) is 19.4 Å². The summed E-state index contributed by atoms with van der Waals surface area (Å²) in [5.41, 5.74) is 2.17. The number of para-hydroxylation sites is 1. The zero-order valence-electron chi connectivity index (χ0n) is 18.2. The van der Waals surface area contributed by atoms with Crippen molar-refractivity contribution in [2.45, 2.75) is 45.7 Å². The number of aromatic nitrogens is 3. The van der Waals surface area contributed by atoms with Crippen molar-refractivity contribution in [1.29, 1.82) is 0 Å². The molecule has 31 heavy (non-hydrogen) atoms. The number of pyridine rings is 1. The lowest BCUT2D eigenvalue weighted by Gasteiger charge is -2.43. The van der Waals surface area contributed by atoms with Gasteiger partial charge in [-0.1, -0.05) is 32.0 Å². The predicted molar refractivity (Wildman–Crippen MR) is 120 cm³/mol. The Labute approximate surface area is 180 Å². The fraction of sp³-hybridized carbons (Fsp3) is 0.391. The minimum absolute atomic E-state index is 0.116. The van der Waals surface area contributed by atoms with Gasteiger partial charge in [0.25, 0.3) is 0 Å². The molecule has 162 valence electrons. The summed E-state index contributed by atoms with van der Waals surface area (Å²) in [6, 6.07) is 9.38. The van der Waals surface area contributed by atoms with Crippen LogP contribution < -0.4 is 10.6 Å². The molecule has 1 amide bonds. The number of benzene rings is 1. The van der Waals surface area contributed by atoms with Gasteiger partial charge in [-0.3, -0.25) is 9.55 Å². The number of carboxylic acid groups (broad SMARTS) is 1. The summed E-state index contributed by atoms with van der Waals surface area (Å²) < 4.78 is 1.63. The maximum absolute atomic E-state index is 13.3. The van der Waals surface area contributed by atoms with E-state index in [1.54, 1.807) is 17.0 Å². The molecule has 1 saturated heterocycles. The van der Waals surface area contributed by atoms with Gasteiger partial charge in [0.15, 0.2) is 0 Å². The van der Waals surface area contributed by atoms with Crippen molar-refractivity contribution < 1.29 is 9.90 Å². The Morgan fingerprint density at radius 2 is 1.87 bits per heavy atom. The van der Waals surface area contributed by atoms with Gasteiger partial charge in [-0.2, -0.15) is 4.98 Å². The second kappa shape index (κ2) is 8.02. The van der Waals surface area contributed by atoms with E-state index in [2.05, 4.69) is 23.8 Å². The lowest BCUT2D eigenvalue weighted by atomic mass is 10.0. The molecule has 0 unspecified atom stereocenters. The Balaban J connectivity index is 1.90. The molecule has 3 aromatic rings. The van der Waals surface area contributed by atoms with Crippen molar-refractivity contribution in [2.75, 3.05) is 18.0 Å². The van der Waals surface area contributed by atoms with Crippen molar-refractivity contribution in [3.05, 3.63) is 58.8 Å². The van der Waals surface area contributed by atoms with Gasteiger partial charge in [0.05, 0.1) is 17.4 Å². The summed E-state index contributed by atoms with van der Waals surface area (Å²) in [5, 5.41) is 10.3. The van der Waals surface area contributed by atoms with E-state index >= 15 is 0 Å². The van der Waals surface area contributed by atoms with Gasteiger partial charge in [0, 0.05) is 36.8 Å². The van der Waals surface area contributed by atoms with Crippen LogP contribution in [0, 0.1) is 0 Å². The Kier molecular flexibility index (Phi) is 5.39. The monoisotopic (exact) mass is 421 g/mol. The first kappa shape index (κ1) is 20.8. The molecule has 2 atom stereocenters. The van der Waals surface area contributed by atoms with Crippen LogP contribution in [0.3, 0.4) is 0 Å². The van der Waals surface area contributed by atoms with Crippen LogP contribution in [0.2, 0.25) is 0 Å². The van der Waals surface area contributed by atoms with E-state index in [-0.39, 0.29) is 23.7 Å². The average Bonchev–Trinajstić information content (AvgIpc) is 2.74. The summed E-state index contributed by atoms with van der Waals surface area (Å²) in [4.78, 5) is 37.1. The highest BCUT2D eigenvalue weighted by Gasteiger charge is 2.34. The van der Waals surface area contributed by atoms with Gasteiger partial charge >= 0.3 is 11.8 Å². The average molecular weight is 422 g/mol. The fourth-order valence-corrected chi connectivity index (χ4v) is 4.38. The normalized spacial score (nSPS) is 19.3. The SMILES string of the molecule is CC(C)c1ccccc1-n1c(=O)nc(N2C[C@@H](C)N(C(=O)O)C[C@@H]2C)c2ccncc21. The lowest BCUT2D eigenvalue weighted by Crippen LogP contribution is -2.58. The van der Waals surface area contributed by atoms with Gasteiger partial charge < -0.3 is 14.9 Å². The van der Waals surface area contributed by atoms with Crippen LogP contribution in [0.25, 0.3) is 16.6 Å². The van der Waals surface area contributed by atoms with Crippen LogP contribution in [0.1, 0.15) is 39.2 Å². The van der Waals surface area contributed by atoms with Crippen molar-refractivity contribution >= 4 is 22.8 Å². The summed E-state index contributed by atoms with van der Waals surface area (Å²) in [6.45, 7) is 8.83. The van der Waals surface area contributed by atoms with Crippen LogP contribution in [0.15, 0.2) is 47.5 Å². The first-order valence-corrected chi connectivity index (χ1v) is 10.5. The lowest BCUT2D eigenvalue weighted by molar-refractivity contribution is 0.114. The number of carbonyl (C=O) groups is 1. The number of nitrogens with zero attached hydrogens (tertiary/aromatic N) is 5. The molecule has 1 N–H and O–H groups in total. The first-order chi connectivity index (χ1) is 14.8. The van der Waals surface area contributed by atoms with Crippen LogP contribution in [0.5, 0.6) is 0 Å². The van der Waals surface area contributed by atoms with E-state index in [9.17, 15) is 14.7 Å². The van der Waals surface area contributed by atoms with E-state index in [1.165, 1.54) is 4.90 Å². The highest BCUT2D eigenvalue weighted by molar-refractivity contribution is 5.90. The maximum Gasteiger partial charge on any atom is 0.407 e. The second-order valence-electron chi connectivity index (χ2n) is 8.45. The van der Waals surface area contributed by atoms with Crippen molar-refractivity contribution in [3.63, 3.8) is 0 Å². The molecule has 3 heterocycles. The van der Waals surface area contributed by atoms with Gasteiger partial charge in [0.2, 0.25) is 0 Å². The molecule has 0 saturated carbocycles. The molecule has 1 aromatic carbocycles. The van der Waals surface area contributed by atoms with Crippen molar-refractivity contribution in [2.24, 2.45) is 0 Å². The third kappa shape index (κ3) is 3.62. The molecular weight excluding hydrogens is 394 g/mol. The van der Waals surface area contributed by atoms with Crippen LogP contribution in [0.4, 0.5) is 10.6 Å². The first-order valence-electron chi connectivity index (χ1n) is 10.5. The number of hydrogen-bond acceptors (Lipinski definition) is 5. The number of fused-ring (bicyclic) bond motifs is 1. The van der Waals surface area contributed by atoms with Gasteiger partial charge in [0.1, 0.15) is 5.82 Å². The summed E-state index contributed by atoms with van der Waals surface area (Å²) in [5.74, 6) is 0.810. The highest BCUT2D eigenvalue weighted by Crippen LogP contribution is 2.30. The summed E-state index contributed by atoms with van der Waals surface area (Å²) in [6.07, 6.45) is 2.46. The van der Waals surface area contributed by atoms with E-state index in [0.29, 0.717) is 24.4 Å². The Morgan fingerprint density at radius 3 is 2.58 bits per heavy atom. The molecule has 4 rings (SSSR count). The molecule has 8 nitrogen and oxygen atoms in total.